The number of rotatable bonds is 1. The van der Waals surface area contributed by atoms with Crippen LogP contribution >= 0.6 is 0 Å². The van der Waals surface area contributed by atoms with Gasteiger partial charge in [-0.25, -0.2) is 0 Å². The Labute approximate surface area is 86.9 Å². The number of hydrogen-bond donors (Lipinski definition) is 0. The second kappa shape index (κ2) is 2.98. The molecule has 0 aliphatic carbocycles. The largest absolute Gasteiger partial charge is 0.497 e. The minimum atomic E-state index is 0.852. The number of fused-ring (bicyclic) bond motifs is 3. The SMILES string of the molecule is COc1ccc2ncc3cccn3c2c1. The molecule has 0 unspecified atom stereocenters. The first kappa shape index (κ1) is 8.29. The highest BCUT2D eigenvalue weighted by Gasteiger charge is 2.01. The molecular weight excluding hydrogens is 188 g/mol. The van der Waals surface area contributed by atoms with Crippen molar-refractivity contribution in [1.29, 1.82) is 0 Å². The first-order valence-electron chi connectivity index (χ1n) is 4.78. The summed E-state index contributed by atoms with van der Waals surface area (Å²) in [6, 6.07) is 9.93. The van der Waals surface area contributed by atoms with Gasteiger partial charge in [-0.15, -0.1) is 0 Å². The molecule has 3 rings (SSSR count). The van der Waals surface area contributed by atoms with E-state index in [1.54, 1.807) is 7.11 Å². The summed E-state index contributed by atoms with van der Waals surface area (Å²) < 4.78 is 7.31. The molecule has 0 radical (unpaired) electrons. The summed E-state index contributed by atoms with van der Waals surface area (Å²) in [5.74, 6) is 0.852. The molecule has 0 atom stereocenters. The Balaban J connectivity index is 2.48. The fourth-order valence-corrected chi connectivity index (χ4v) is 1.79. The van der Waals surface area contributed by atoms with Crippen molar-refractivity contribution in [2.75, 3.05) is 7.11 Å². The van der Waals surface area contributed by atoms with Crippen molar-refractivity contribution in [3.8, 4) is 5.75 Å². The maximum atomic E-state index is 5.21. The lowest BCUT2D eigenvalue weighted by atomic mass is 10.3. The molecule has 0 aliphatic rings. The number of ether oxygens (including phenoxy) is 1. The van der Waals surface area contributed by atoms with Gasteiger partial charge in [-0.1, -0.05) is 0 Å². The van der Waals surface area contributed by atoms with Gasteiger partial charge in [0.25, 0.3) is 0 Å². The van der Waals surface area contributed by atoms with Crippen LogP contribution in [0.3, 0.4) is 0 Å². The summed E-state index contributed by atoms with van der Waals surface area (Å²) in [4.78, 5) is 4.38. The van der Waals surface area contributed by atoms with Crippen molar-refractivity contribution < 1.29 is 4.74 Å². The highest BCUT2D eigenvalue weighted by atomic mass is 16.5. The summed E-state index contributed by atoms with van der Waals surface area (Å²) in [5.41, 5.74) is 3.13. The minimum Gasteiger partial charge on any atom is -0.497 e. The van der Waals surface area contributed by atoms with E-state index in [0.29, 0.717) is 0 Å². The van der Waals surface area contributed by atoms with E-state index in [2.05, 4.69) is 9.38 Å². The van der Waals surface area contributed by atoms with Crippen LogP contribution in [0, 0.1) is 0 Å². The molecular formula is C12H10N2O. The molecule has 2 aromatic heterocycles. The van der Waals surface area contributed by atoms with E-state index >= 15 is 0 Å². The Hall–Kier alpha value is -2.03. The quantitative estimate of drug-likeness (QED) is 0.600. The number of hydrogen-bond acceptors (Lipinski definition) is 2. The predicted molar refractivity (Wildman–Crippen MR) is 59.3 cm³/mol. The first-order valence-corrected chi connectivity index (χ1v) is 4.78. The van der Waals surface area contributed by atoms with Crippen LogP contribution in [0.2, 0.25) is 0 Å². The van der Waals surface area contributed by atoms with Crippen LogP contribution < -0.4 is 4.74 Å². The molecule has 0 fully saturated rings. The van der Waals surface area contributed by atoms with Crippen molar-refractivity contribution in [1.82, 2.24) is 9.38 Å². The molecule has 0 amide bonds. The van der Waals surface area contributed by atoms with Crippen LogP contribution in [-0.2, 0) is 0 Å². The predicted octanol–water partition coefficient (Wildman–Crippen LogP) is 2.50. The molecule has 2 heterocycles. The van der Waals surface area contributed by atoms with E-state index < -0.39 is 0 Å². The third kappa shape index (κ3) is 1.16. The Morgan fingerprint density at radius 1 is 1.27 bits per heavy atom. The fourth-order valence-electron chi connectivity index (χ4n) is 1.79. The highest BCUT2D eigenvalue weighted by molar-refractivity contribution is 5.79. The maximum absolute atomic E-state index is 5.21. The number of nitrogens with zero attached hydrogens (tertiary/aromatic N) is 2. The van der Waals surface area contributed by atoms with E-state index in [-0.39, 0.29) is 0 Å². The van der Waals surface area contributed by atoms with Gasteiger partial charge in [-0.2, -0.15) is 0 Å². The van der Waals surface area contributed by atoms with Gasteiger partial charge in [0.15, 0.2) is 0 Å². The fraction of sp³-hybridized carbons (Fsp3) is 0.0833. The molecule has 0 saturated heterocycles. The molecule has 74 valence electrons. The van der Waals surface area contributed by atoms with Gasteiger partial charge in [-0.3, -0.25) is 4.98 Å². The molecule has 3 heteroatoms. The second-order valence-electron chi connectivity index (χ2n) is 3.42. The van der Waals surface area contributed by atoms with Crippen LogP contribution in [0.5, 0.6) is 5.75 Å². The van der Waals surface area contributed by atoms with Crippen molar-refractivity contribution >= 4 is 16.6 Å². The topological polar surface area (TPSA) is 26.5 Å². The van der Waals surface area contributed by atoms with E-state index in [9.17, 15) is 0 Å². The number of aromatic nitrogens is 2. The molecule has 1 aromatic carbocycles. The molecule has 15 heavy (non-hydrogen) atoms. The molecule has 0 aliphatic heterocycles. The zero-order valence-electron chi connectivity index (χ0n) is 8.34. The summed E-state index contributed by atoms with van der Waals surface area (Å²) in [5, 5.41) is 0. The van der Waals surface area contributed by atoms with Crippen molar-refractivity contribution in [3.63, 3.8) is 0 Å². The third-order valence-corrected chi connectivity index (χ3v) is 2.56. The van der Waals surface area contributed by atoms with Crippen molar-refractivity contribution in [2.24, 2.45) is 0 Å². The second-order valence-corrected chi connectivity index (χ2v) is 3.42. The molecule has 0 N–H and O–H groups in total. The van der Waals surface area contributed by atoms with Crippen molar-refractivity contribution in [3.05, 3.63) is 42.7 Å². The van der Waals surface area contributed by atoms with Gasteiger partial charge in [0, 0.05) is 12.3 Å². The van der Waals surface area contributed by atoms with Crippen LogP contribution in [0.15, 0.2) is 42.7 Å². The summed E-state index contributed by atoms with van der Waals surface area (Å²) in [7, 11) is 1.67. The van der Waals surface area contributed by atoms with Gasteiger partial charge >= 0.3 is 0 Å². The van der Waals surface area contributed by atoms with Crippen molar-refractivity contribution in [2.45, 2.75) is 0 Å². The lowest BCUT2D eigenvalue weighted by molar-refractivity contribution is 0.415. The Kier molecular flexibility index (Phi) is 1.65. The summed E-state index contributed by atoms with van der Waals surface area (Å²) in [6.45, 7) is 0. The van der Waals surface area contributed by atoms with E-state index in [1.165, 1.54) is 0 Å². The third-order valence-electron chi connectivity index (χ3n) is 2.56. The van der Waals surface area contributed by atoms with E-state index in [0.717, 1.165) is 22.3 Å². The number of methoxy groups -OCH3 is 1. The average molecular weight is 198 g/mol. The van der Waals surface area contributed by atoms with Gasteiger partial charge in [-0.05, 0) is 24.3 Å². The van der Waals surface area contributed by atoms with E-state index in [1.807, 2.05) is 42.7 Å². The smallest absolute Gasteiger partial charge is 0.121 e. The molecule has 0 bridgehead atoms. The van der Waals surface area contributed by atoms with Gasteiger partial charge in [0.05, 0.1) is 29.9 Å². The Morgan fingerprint density at radius 3 is 3.07 bits per heavy atom. The van der Waals surface area contributed by atoms with Gasteiger partial charge < -0.3 is 9.14 Å². The normalized spacial score (nSPS) is 11.0. The zero-order valence-corrected chi connectivity index (χ0v) is 8.34. The summed E-state index contributed by atoms with van der Waals surface area (Å²) in [6.07, 6.45) is 3.90. The molecule has 0 spiro atoms. The van der Waals surface area contributed by atoms with Crippen LogP contribution in [0.25, 0.3) is 16.6 Å². The summed E-state index contributed by atoms with van der Waals surface area (Å²) >= 11 is 0. The lowest BCUT2D eigenvalue weighted by Crippen LogP contribution is -1.90. The number of benzene rings is 1. The van der Waals surface area contributed by atoms with E-state index in [4.69, 9.17) is 4.74 Å². The van der Waals surface area contributed by atoms with Gasteiger partial charge in [0.1, 0.15) is 5.75 Å². The van der Waals surface area contributed by atoms with Crippen LogP contribution in [0.1, 0.15) is 0 Å². The van der Waals surface area contributed by atoms with Crippen LogP contribution in [0.4, 0.5) is 0 Å². The standard InChI is InChI=1S/C12H10N2O/c1-15-10-4-5-11-12(7-10)14-6-2-3-9(14)8-13-11/h2-8H,1H3. The minimum absolute atomic E-state index is 0.852. The molecule has 3 nitrogen and oxygen atoms in total. The molecule has 3 aromatic rings. The van der Waals surface area contributed by atoms with Crippen LogP contribution in [-0.4, -0.2) is 16.5 Å². The molecule has 0 saturated carbocycles. The Morgan fingerprint density at radius 2 is 2.20 bits per heavy atom. The maximum Gasteiger partial charge on any atom is 0.121 e. The first-order chi connectivity index (χ1) is 7.38. The van der Waals surface area contributed by atoms with Gasteiger partial charge in [0.2, 0.25) is 0 Å². The average Bonchev–Trinajstić information content (AvgIpc) is 2.76. The Bertz CT molecular complexity index is 628. The monoisotopic (exact) mass is 198 g/mol. The highest BCUT2D eigenvalue weighted by Crippen LogP contribution is 2.20. The lowest BCUT2D eigenvalue weighted by Gasteiger charge is -2.04. The zero-order chi connectivity index (χ0) is 10.3.